The first kappa shape index (κ1) is 16.3. The van der Waals surface area contributed by atoms with Crippen LogP contribution in [-0.4, -0.2) is 25.0 Å². The zero-order valence-corrected chi connectivity index (χ0v) is 13.0. The molecule has 0 saturated heterocycles. The first-order valence-electron chi connectivity index (χ1n) is 7.84. The molecular formula is C17H24N2O3. The van der Waals surface area contributed by atoms with Gasteiger partial charge in [0, 0.05) is 12.1 Å². The molecule has 2 amide bonds. The van der Waals surface area contributed by atoms with Crippen LogP contribution in [0.2, 0.25) is 0 Å². The Morgan fingerprint density at radius 3 is 2.64 bits per heavy atom. The maximum absolute atomic E-state index is 11.8. The van der Waals surface area contributed by atoms with Crippen molar-refractivity contribution < 1.29 is 14.3 Å². The van der Waals surface area contributed by atoms with Gasteiger partial charge in [0.25, 0.3) is 5.91 Å². The van der Waals surface area contributed by atoms with Crippen molar-refractivity contribution in [2.24, 2.45) is 17.6 Å². The summed E-state index contributed by atoms with van der Waals surface area (Å²) in [7, 11) is 0. The lowest BCUT2D eigenvalue weighted by molar-refractivity contribution is -0.123. The van der Waals surface area contributed by atoms with E-state index in [0.717, 1.165) is 12.5 Å². The van der Waals surface area contributed by atoms with E-state index in [2.05, 4.69) is 12.2 Å². The largest absolute Gasteiger partial charge is 0.484 e. The van der Waals surface area contributed by atoms with E-state index < -0.39 is 5.91 Å². The molecule has 120 valence electrons. The second kappa shape index (κ2) is 7.82. The summed E-state index contributed by atoms with van der Waals surface area (Å²) < 4.78 is 5.40. The SMILES string of the molecule is C[C@@H]1CCC[C@@H](CNC(=O)COc2ccc(C(N)=O)cc2)C1. The number of nitrogens with one attached hydrogen (secondary N) is 1. The molecule has 1 saturated carbocycles. The van der Waals surface area contributed by atoms with Crippen LogP contribution in [0.5, 0.6) is 5.75 Å². The Kier molecular flexibility index (Phi) is 5.81. The number of amides is 2. The van der Waals surface area contributed by atoms with Gasteiger partial charge >= 0.3 is 0 Å². The lowest BCUT2D eigenvalue weighted by Crippen LogP contribution is -2.34. The summed E-state index contributed by atoms with van der Waals surface area (Å²) in [6, 6.07) is 6.43. The van der Waals surface area contributed by atoms with Crippen LogP contribution in [0.3, 0.4) is 0 Å². The van der Waals surface area contributed by atoms with Gasteiger partial charge in [-0.1, -0.05) is 19.8 Å². The summed E-state index contributed by atoms with van der Waals surface area (Å²) in [6.07, 6.45) is 4.94. The molecule has 1 aliphatic rings. The molecule has 1 aromatic rings. The number of ether oxygens (including phenoxy) is 1. The molecule has 0 spiro atoms. The molecule has 2 rings (SSSR count). The van der Waals surface area contributed by atoms with Crippen molar-refractivity contribution in [3.63, 3.8) is 0 Å². The monoisotopic (exact) mass is 304 g/mol. The normalized spacial score (nSPS) is 21.1. The molecule has 2 atom stereocenters. The fourth-order valence-corrected chi connectivity index (χ4v) is 2.92. The van der Waals surface area contributed by atoms with Gasteiger partial charge in [0.15, 0.2) is 6.61 Å². The summed E-state index contributed by atoms with van der Waals surface area (Å²) in [5.41, 5.74) is 5.58. The Labute approximate surface area is 131 Å². The number of rotatable bonds is 6. The number of hydrogen-bond acceptors (Lipinski definition) is 3. The Morgan fingerprint density at radius 1 is 1.27 bits per heavy atom. The zero-order valence-electron chi connectivity index (χ0n) is 13.0. The highest BCUT2D eigenvalue weighted by molar-refractivity contribution is 5.92. The maximum Gasteiger partial charge on any atom is 0.257 e. The minimum atomic E-state index is -0.481. The number of carbonyl (C=O) groups is 2. The standard InChI is InChI=1S/C17H24N2O3/c1-12-3-2-4-13(9-12)10-19-16(20)11-22-15-7-5-14(6-8-15)17(18)21/h5-8,12-13H,2-4,9-11H2,1H3,(H2,18,21)(H,19,20)/t12-,13-/m1/s1. The smallest absolute Gasteiger partial charge is 0.257 e. The Morgan fingerprint density at radius 2 is 2.00 bits per heavy atom. The van der Waals surface area contributed by atoms with Gasteiger partial charge in [-0.25, -0.2) is 0 Å². The number of nitrogens with two attached hydrogens (primary N) is 1. The van der Waals surface area contributed by atoms with Gasteiger partial charge in [-0.2, -0.15) is 0 Å². The summed E-state index contributed by atoms with van der Waals surface area (Å²) in [5.74, 6) is 1.30. The minimum Gasteiger partial charge on any atom is -0.484 e. The van der Waals surface area contributed by atoms with Crippen LogP contribution in [0, 0.1) is 11.8 Å². The predicted octanol–water partition coefficient (Wildman–Crippen LogP) is 2.11. The second-order valence-corrected chi connectivity index (χ2v) is 6.12. The zero-order chi connectivity index (χ0) is 15.9. The second-order valence-electron chi connectivity index (χ2n) is 6.12. The van der Waals surface area contributed by atoms with Gasteiger partial charge in [-0.15, -0.1) is 0 Å². The van der Waals surface area contributed by atoms with E-state index >= 15 is 0 Å². The third-order valence-corrected chi connectivity index (χ3v) is 4.14. The van der Waals surface area contributed by atoms with Gasteiger partial charge < -0.3 is 15.8 Å². The summed E-state index contributed by atoms with van der Waals surface area (Å²) in [6.45, 7) is 2.98. The number of carbonyl (C=O) groups excluding carboxylic acids is 2. The summed E-state index contributed by atoms with van der Waals surface area (Å²) in [4.78, 5) is 22.8. The molecule has 5 nitrogen and oxygen atoms in total. The van der Waals surface area contributed by atoms with E-state index in [4.69, 9.17) is 10.5 Å². The molecule has 22 heavy (non-hydrogen) atoms. The Bertz CT molecular complexity index is 513. The Balaban J connectivity index is 1.70. The fraction of sp³-hybridized carbons (Fsp3) is 0.529. The molecule has 0 bridgehead atoms. The van der Waals surface area contributed by atoms with Crippen LogP contribution >= 0.6 is 0 Å². The van der Waals surface area contributed by atoms with Gasteiger partial charge in [-0.3, -0.25) is 9.59 Å². The van der Waals surface area contributed by atoms with Crippen molar-refractivity contribution in [2.45, 2.75) is 32.6 Å². The van der Waals surface area contributed by atoms with Crippen molar-refractivity contribution in [2.75, 3.05) is 13.2 Å². The van der Waals surface area contributed by atoms with Crippen LogP contribution in [0.1, 0.15) is 43.0 Å². The lowest BCUT2D eigenvalue weighted by Gasteiger charge is -2.26. The molecule has 0 heterocycles. The average molecular weight is 304 g/mol. The van der Waals surface area contributed by atoms with Crippen molar-refractivity contribution >= 4 is 11.8 Å². The van der Waals surface area contributed by atoms with Gasteiger partial charge in [0.1, 0.15) is 5.75 Å². The van der Waals surface area contributed by atoms with E-state index in [1.807, 2.05) is 0 Å². The lowest BCUT2D eigenvalue weighted by atomic mass is 9.82. The first-order valence-corrected chi connectivity index (χ1v) is 7.84. The molecule has 1 aliphatic carbocycles. The molecule has 3 N–H and O–H groups in total. The van der Waals surface area contributed by atoms with Crippen molar-refractivity contribution in [3.05, 3.63) is 29.8 Å². The highest BCUT2D eigenvalue weighted by Gasteiger charge is 2.19. The molecule has 0 unspecified atom stereocenters. The molecule has 0 aliphatic heterocycles. The van der Waals surface area contributed by atoms with Crippen LogP contribution < -0.4 is 15.8 Å². The fourth-order valence-electron chi connectivity index (χ4n) is 2.92. The van der Waals surface area contributed by atoms with E-state index in [-0.39, 0.29) is 12.5 Å². The molecule has 5 heteroatoms. The third kappa shape index (κ3) is 5.06. The summed E-state index contributed by atoms with van der Waals surface area (Å²) >= 11 is 0. The number of primary amides is 1. The Hall–Kier alpha value is -2.04. The molecule has 1 fully saturated rings. The summed E-state index contributed by atoms with van der Waals surface area (Å²) in [5, 5.41) is 2.93. The van der Waals surface area contributed by atoms with Gasteiger partial charge in [0.05, 0.1) is 0 Å². The first-order chi connectivity index (χ1) is 10.5. The van der Waals surface area contributed by atoms with Crippen LogP contribution in [0.15, 0.2) is 24.3 Å². The quantitative estimate of drug-likeness (QED) is 0.844. The van der Waals surface area contributed by atoms with E-state index in [1.54, 1.807) is 24.3 Å². The van der Waals surface area contributed by atoms with Crippen LogP contribution in [-0.2, 0) is 4.79 Å². The highest BCUT2D eigenvalue weighted by Crippen LogP contribution is 2.27. The third-order valence-electron chi connectivity index (χ3n) is 4.14. The van der Waals surface area contributed by atoms with E-state index in [1.165, 1.54) is 25.7 Å². The molecule has 1 aromatic carbocycles. The van der Waals surface area contributed by atoms with Gasteiger partial charge in [-0.05, 0) is 48.9 Å². The average Bonchev–Trinajstić information content (AvgIpc) is 2.51. The number of hydrogen-bond donors (Lipinski definition) is 2. The van der Waals surface area contributed by atoms with E-state index in [9.17, 15) is 9.59 Å². The predicted molar refractivity (Wildman–Crippen MR) is 84.6 cm³/mol. The minimum absolute atomic E-state index is 0.0157. The molecular weight excluding hydrogens is 280 g/mol. The molecule has 0 radical (unpaired) electrons. The van der Waals surface area contributed by atoms with Crippen molar-refractivity contribution in [3.8, 4) is 5.75 Å². The molecule has 0 aromatic heterocycles. The van der Waals surface area contributed by atoms with E-state index in [0.29, 0.717) is 17.2 Å². The highest BCUT2D eigenvalue weighted by atomic mass is 16.5. The maximum atomic E-state index is 11.8. The topological polar surface area (TPSA) is 81.4 Å². The van der Waals surface area contributed by atoms with Crippen LogP contribution in [0.4, 0.5) is 0 Å². The van der Waals surface area contributed by atoms with Crippen LogP contribution in [0.25, 0.3) is 0 Å². The van der Waals surface area contributed by atoms with Crippen molar-refractivity contribution in [1.82, 2.24) is 5.32 Å². The van der Waals surface area contributed by atoms with Gasteiger partial charge in [0.2, 0.25) is 5.91 Å². The van der Waals surface area contributed by atoms with Crippen molar-refractivity contribution in [1.29, 1.82) is 0 Å². The number of benzene rings is 1.